The smallest absolute Gasteiger partial charge is 0.257 e. The Balaban J connectivity index is 1.86. The van der Waals surface area contributed by atoms with Crippen LogP contribution in [0.2, 0.25) is 0 Å². The van der Waals surface area contributed by atoms with Gasteiger partial charge in [-0.15, -0.1) is 0 Å². The number of aromatic nitrogens is 1. The van der Waals surface area contributed by atoms with Crippen molar-refractivity contribution in [2.24, 2.45) is 0 Å². The number of nitrogens with zero attached hydrogens (tertiary/aromatic N) is 1. The van der Waals surface area contributed by atoms with Gasteiger partial charge in [-0.25, -0.2) is 4.98 Å². The summed E-state index contributed by atoms with van der Waals surface area (Å²) in [6.07, 6.45) is 0. The number of carbonyl (C=O) groups is 2. The lowest BCUT2D eigenvalue weighted by atomic mass is 10.2. The highest BCUT2D eigenvalue weighted by Crippen LogP contribution is 2.27. The van der Waals surface area contributed by atoms with Crippen molar-refractivity contribution in [2.75, 3.05) is 11.1 Å². The molecule has 0 saturated carbocycles. The van der Waals surface area contributed by atoms with Crippen LogP contribution in [0.1, 0.15) is 20.7 Å². The highest BCUT2D eigenvalue weighted by Gasteiger charge is 2.10. The third kappa shape index (κ3) is 2.75. The molecule has 0 aliphatic carbocycles. The Kier molecular flexibility index (Phi) is 3.48. The van der Waals surface area contributed by atoms with Crippen LogP contribution in [-0.2, 0) is 0 Å². The summed E-state index contributed by atoms with van der Waals surface area (Å²) < 4.78 is 0.661. The molecule has 3 aromatic rings. The van der Waals surface area contributed by atoms with Gasteiger partial charge in [0.25, 0.3) is 5.91 Å². The van der Waals surface area contributed by atoms with E-state index in [4.69, 9.17) is 5.73 Å². The molecule has 0 aliphatic heterocycles. The molecule has 22 heavy (non-hydrogen) atoms. The Morgan fingerprint density at radius 3 is 2.45 bits per heavy atom. The Bertz CT molecular complexity index is 871. The standard InChI is InChI=1S/C15H11N3O3S/c16-10-4-1-8(2-5-10)13(19)18-15-17-11-6-3-9(14(20)21)7-12(11)22-15/h1-7H,16H2,(H,20,21)(H,17,18,19)/p-1. The zero-order chi connectivity index (χ0) is 15.7. The molecular formula is C15H10N3O3S-. The number of nitrogens with one attached hydrogen (secondary N) is 1. The molecule has 7 heteroatoms. The first kappa shape index (κ1) is 14.0. The first-order valence-corrected chi connectivity index (χ1v) is 7.13. The van der Waals surface area contributed by atoms with Crippen LogP contribution in [0, 0.1) is 0 Å². The van der Waals surface area contributed by atoms with E-state index in [1.54, 1.807) is 30.3 Å². The number of carboxylic acid groups (broad SMARTS) is 1. The third-order valence-electron chi connectivity index (χ3n) is 3.02. The van der Waals surface area contributed by atoms with Gasteiger partial charge in [-0.05, 0) is 42.0 Å². The zero-order valence-corrected chi connectivity index (χ0v) is 12.0. The average Bonchev–Trinajstić information content (AvgIpc) is 2.88. The number of nitrogens with two attached hydrogens (primary N) is 1. The molecule has 0 radical (unpaired) electrons. The van der Waals surface area contributed by atoms with Gasteiger partial charge < -0.3 is 15.6 Å². The van der Waals surface area contributed by atoms with E-state index in [-0.39, 0.29) is 11.5 Å². The highest BCUT2D eigenvalue weighted by atomic mass is 32.1. The minimum Gasteiger partial charge on any atom is -0.545 e. The Hall–Kier alpha value is -2.93. The molecule has 0 aliphatic rings. The van der Waals surface area contributed by atoms with E-state index >= 15 is 0 Å². The van der Waals surface area contributed by atoms with Crippen molar-refractivity contribution >= 4 is 44.2 Å². The van der Waals surface area contributed by atoms with Gasteiger partial charge in [-0.2, -0.15) is 0 Å². The van der Waals surface area contributed by atoms with E-state index in [1.807, 2.05) is 0 Å². The van der Waals surface area contributed by atoms with Crippen molar-refractivity contribution in [1.29, 1.82) is 0 Å². The van der Waals surface area contributed by atoms with Crippen LogP contribution in [0.5, 0.6) is 0 Å². The number of carbonyl (C=O) groups excluding carboxylic acids is 2. The van der Waals surface area contributed by atoms with E-state index < -0.39 is 5.97 Å². The van der Waals surface area contributed by atoms with Crippen molar-refractivity contribution in [2.45, 2.75) is 0 Å². The van der Waals surface area contributed by atoms with Crippen LogP contribution >= 0.6 is 11.3 Å². The summed E-state index contributed by atoms with van der Waals surface area (Å²) in [5, 5.41) is 13.9. The Morgan fingerprint density at radius 1 is 1.09 bits per heavy atom. The molecule has 0 fully saturated rings. The molecule has 0 bridgehead atoms. The maximum Gasteiger partial charge on any atom is 0.257 e. The van der Waals surface area contributed by atoms with E-state index in [0.29, 0.717) is 26.6 Å². The van der Waals surface area contributed by atoms with Crippen LogP contribution in [0.25, 0.3) is 10.2 Å². The number of benzene rings is 2. The highest BCUT2D eigenvalue weighted by molar-refractivity contribution is 7.22. The topological polar surface area (TPSA) is 108 Å². The summed E-state index contributed by atoms with van der Waals surface area (Å²) in [5.41, 5.74) is 7.30. The first-order valence-electron chi connectivity index (χ1n) is 6.32. The van der Waals surface area contributed by atoms with E-state index in [2.05, 4.69) is 10.3 Å². The molecule has 3 rings (SSSR count). The van der Waals surface area contributed by atoms with Crippen molar-refractivity contribution in [3.63, 3.8) is 0 Å². The summed E-state index contributed by atoms with van der Waals surface area (Å²) in [6.45, 7) is 0. The van der Waals surface area contributed by atoms with Crippen molar-refractivity contribution < 1.29 is 14.7 Å². The maximum absolute atomic E-state index is 12.1. The predicted octanol–water partition coefficient (Wildman–Crippen LogP) is 1.49. The number of aromatic carboxylic acids is 1. The van der Waals surface area contributed by atoms with E-state index in [9.17, 15) is 14.7 Å². The second-order valence-corrected chi connectivity index (χ2v) is 5.60. The second kappa shape index (κ2) is 5.45. The van der Waals surface area contributed by atoms with Crippen LogP contribution in [-0.4, -0.2) is 16.9 Å². The number of hydrogen-bond acceptors (Lipinski definition) is 6. The van der Waals surface area contributed by atoms with E-state index in [1.165, 1.54) is 23.5 Å². The number of hydrogen-bond donors (Lipinski definition) is 2. The summed E-state index contributed by atoms with van der Waals surface area (Å²) in [5.74, 6) is -1.55. The number of rotatable bonds is 3. The third-order valence-corrected chi connectivity index (χ3v) is 3.95. The summed E-state index contributed by atoms with van der Waals surface area (Å²) in [6, 6.07) is 11.0. The average molecular weight is 312 g/mol. The maximum atomic E-state index is 12.1. The van der Waals surface area contributed by atoms with Crippen molar-refractivity contribution in [3.8, 4) is 0 Å². The quantitative estimate of drug-likeness (QED) is 0.712. The Labute approximate surface area is 129 Å². The van der Waals surface area contributed by atoms with Gasteiger partial charge in [0.1, 0.15) is 0 Å². The van der Waals surface area contributed by atoms with Gasteiger partial charge >= 0.3 is 0 Å². The molecule has 1 aromatic heterocycles. The van der Waals surface area contributed by atoms with Gasteiger partial charge in [0.15, 0.2) is 5.13 Å². The fourth-order valence-electron chi connectivity index (χ4n) is 1.91. The number of fused-ring (bicyclic) bond motifs is 1. The first-order chi connectivity index (χ1) is 10.5. The SMILES string of the molecule is Nc1ccc(C(=O)Nc2nc3ccc(C(=O)[O-])cc3s2)cc1. The molecule has 3 N–H and O–H groups in total. The van der Waals surface area contributed by atoms with Gasteiger partial charge in [0.2, 0.25) is 0 Å². The van der Waals surface area contributed by atoms with Crippen molar-refractivity contribution in [1.82, 2.24) is 4.98 Å². The van der Waals surface area contributed by atoms with E-state index in [0.717, 1.165) is 0 Å². The lowest BCUT2D eigenvalue weighted by Gasteiger charge is -2.01. The summed E-state index contributed by atoms with van der Waals surface area (Å²) in [4.78, 5) is 27.2. The molecule has 0 spiro atoms. The van der Waals surface area contributed by atoms with Crippen LogP contribution < -0.4 is 16.2 Å². The second-order valence-electron chi connectivity index (χ2n) is 4.57. The molecule has 1 amide bonds. The van der Waals surface area contributed by atoms with Gasteiger partial charge in [0.05, 0.1) is 16.2 Å². The molecule has 0 unspecified atom stereocenters. The molecule has 0 atom stereocenters. The largest absolute Gasteiger partial charge is 0.545 e. The van der Waals surface area contributed by atoms with Crippen LogP contribution in [0.15, 0.2) is 42.5 Å². The molecule has 110 valence electrons. The minimum absolute atomic E-state index is 0.0764. The molecule has 6 nitrogen and oxygen atoms in total. The predicted molar refractivity (Wildman–Crippen MR) is 82.8 cm³/mol. The Morgan fingerprint density at radius 2 is 1.77 bits per heavy atom. The molecular weight excluding hydrogens is 302 g/mol. The number of nitrogen functional groups attached to an aromatic ring is 1. The lowest BCUT2D eigenvalue weighted by molar-refractivity contribution is -0.255. The van der Waals surface area contributed by atoms with Crippen molar-refractivity contribution in [3.05, 3.63) is 53.6 Å². The van der Waals surface area contributed by atoms with Gasteiger partial charge in [-0.3, -0.25) is 10.1 Å². The molecule has 2 aromatic carbocycles. The lowest BCUT2D eigenvalue weighted by Crippen LogP contribution is -2.21. The normalized spacial score (nSPS) is 10.5. The zero-order valence-electron chi connectivity index (χ0n) is 11.2. The van der Waals surface area contributed by atoms with Crippen LogP contribution in [0.4, 0.5) is 10.8 Å². The number of amides is 1. The van der Waals surface area contributed by atoms with Crippen LogP contribution in [0.3, 0.4) is 0 Å². The summed E-state index contributed by atoms with van der Waals surface area (Å²) in [7, 11) is 0. The number of anilines is 2. The molecule has 0 saturated heterocycles. The monoisotopic (exact) mass is 312 g/mol. The number of carboxylic acids is 1. The fraction of sp³-hybridized carbons (Fsp3) is 0. The molecule has 1 heterocycles. The summed E-state index contributed by atoms with van der Waals surface area (Å²) >= 11 is 1.20. The van der Waals surface area contributed by atoms with Gasteiger partial charge in [-0.1, -0.05) is 17.4 Å². The minimum atomic E-state index is -1.25. The van der Waals surface area contributed by atoms with Gasteiger partial charge in [0, 0.05) is 11.3 Å². The fourth-order valence-corrected chi connectivity index (χ4v) is 2.81. The number of thiazole rings is 1.